The second-order valence-electron chi connectivity index (χ2n) is 5.31. The van der Waals surface area contributed by atoms with Gasteiger partial charge in [0.05, 0.1) is 11.0 Å². The molecular formula is C19H12ClN3O. The Hall–Kier alpha value is -2.98. The summed E-state index contributed by atoms with van der Waals surface area (Å²) < 4.78 is 1.62. The van der Waals surface area contributed by atoms with E-state index < -0.39 is 0 Å². The minimum atomic E-state index is -0.152. The second kappa shape index (κ2) is 5.91. The van der Waals surface area contributed by atoms with Gasteiger partial charge in [-0.2, -0.15) is 0 Å². The Morgan fingerprint density at radius 2 is 1.75 bits per heavy atom. The quantitative estimate of drug-likeness (QED) is 0.545. The highest BCUT2D eigenvalue weighted by molar-refractivity contribution is 6.30. The first kappa shape index (κ1) is 14.6. The van der Waals surface area contributed by atoms with Crippen LogP contribution in [0.3, 0.4) is 0 Å². The van der Waals surface area contributed by atoms with Crippen LogP contribution in [0.5, 0.6) is 0 Å². The van der Waals surface area contributed by atoms with Crippen molar-refractivity contribution in [1.29, 1.82) is 0 Å². The highest BCUT2D eigenvalue weighted by Crippen LogP contribution is 2.27. The van der Waals surface area contributed by atoms with E-state index in [0.29, 0.717) is 16.4 Å². The van der Waals surface area contributed by atoms with E-state index in [9.17, 15) is 4.79 Å². The number of para-hydroxylation sites is 2. The number of hydrogen-bond donors (Lipinski definition) is 0. The van der Waals surface area contributed by atoms with Crippen LogP contribution in [0.4, 0.5) is 0 Å². The number of nitrogens with zero attached hydrogens (tertiary/aromatic N) is 3. The maximum Gasteiger partial charge on any atom is 0.264 e. The Morgan fingerprint density at radius 3 is 2.54 bits per heavy atom. The fourth-order valence-corrected chi connectivity index (χ4v) is 2.87. The zero-order valence-corrected chi connectivity index (χ0v) is 13.3. The molecule has 0 saturated heterocycles. The molecule has 4 aromatic rings. The molecule has 0 aliphatic rings. The van der Waals surface area contributed by atoms with Gasteiger partial charge in [0.1, 0.15) is 5.82 Å². The van der Waals surface area contributed by atoms with Gasteiger partial charge in [0.25, 0.3) is 5.91 Å². The predicted molar refractivity (Wildman–Crippen MR) is 94.1 cm³/mol. The molecule has 0 bridgehead atoms. The van der Waals surface area contributed by atoms with Crippen molar-refractivity contribution in [2.24, 2.45) is 0 Å². The highest BCUT2D eigenvalue weighted by atomic mass is 35.5. The van der Waals surface area contributed by atoms with Gasteiger partial charge in [0.15, 0.2) is 0 Å². The van der Waals surface area contributed by atoms with Crippen LogP contribution in [0.2, 0.25) is 5.02 Å². The zero-order chi connectivity index (χ0) is 16.5. The highest BCUT2D eigenvalue weighted by Gasteiger charge is 2.19. The van der Waals surface area contributed by atoms with Crippen LogP contribution in [0.15, 0.2) is 73.1 Å². The summed E-state index contributed by atoms with van der Waals surface area (Å²) in [5.41, 5.74) is 2.86. The molecule has 0 aliphatic carbocycles. The van der Waals surface area contributed by atoms with Crippen molar-refractivity contribution in [1.82, 2.24) is 14.5 Å². The summed E-state index contributed by atoms with van der Waals surface area (Å²) in [6.45, 7) is 0. The average molecular weight is 334 g/mol. The minimum Gasteiger partial charge on any atom is -0.268 e. The summed E-state index contributed by atoms with van der Waals surface area (Å²) in [5, 5.41) is 0.600. The first-order valence-electron chi connectivity index (χ1n) is 7.42. The Balaban J connectivity index is 1.99. The van der Waals surface area contributed by atoms with Crippen molar-refractivity contribution in [3.63, 3.8) is 0 Å². The van der Waals surface area contributed by atoms with Gasteiger partial charge in [-0.3, -0.25) is 14.3 Å². The number of fused-ring (bicyclic) bond motifs is 1. The van der Waals surface area contributed by atoms with Crippen molar-refractivity contribution in [2.75, 3.05) is 0 Å². The molecule has 4 nitrogen and oxygen atoms in total. The molecule has 2 aromatic carbocycles. The van der Waals surface area contributed by atoms with Crippen molar-refractivity contribution in [3.8, 4) is 11.4 Å². The number of pyridine rings is 1. The molecule has 0 unspecified atom stereocenters. The summed E-state index contributed by atoms with van der Waals surface area (Å²) in [5.74, 6) is 0.418. The maximum absolute atomic E-state index is 13.1. The van der Waals surface area contributed by atoms with Gasteiger partial charge < -0.3 is 0 Å². The first-order chi connectivity index (χ1) is 11.7. The van der Waals surface area contributed by atoms with E-state index in [1.165, 1.54) is 0 Å². The van der Waals surface area contributed by atoms with E-state index in [1.807, 2.05) is 36.4 Å². The fraction of sp³-hybridized carbons (Fsp3) is 0. The van der Waals surface area contributed by atoms with E-state index in [1.54, 1.807) is 41.2 Å². The molecule has 0 spiro atoms. The first-order valence-corrected chi connectivity index (χ1v) is 7.80. The fourth-order valence-electron chi connectivity index (χ4n) is 2.68. The lowest BCUT2D eigenvalue weighted by Gasteiger charge is -2.08. The molecule has 24 heavy (non-hydrogen) atoms. The third-order valence-corrected chi connectivity index (χ3v) is 4.01. The van der Waals surface area contributed by atoms with Crippen molar-refractivity contribution >= 4 is 28.5 Å². The molecule has 0 fully saturated rings. The SMILES string of the molecule is O=C(c1ccncc1)n1c(-c2cccc(Cl)c2)nc2ccccc21. The van der Waals surface area contributed by atoms with Crippen LogP contribution in [0.1, 0.15) is 10.4 Å². The average Bonchev–Trinajstić information content (AvgIpc) is 3.01. The van der Waals surface area contributed by atoms with Crippen molar-refractivity contribution in [3.05, 3.63) is 83.6 Å². The summed E-state index contributed by atoms with van der Waals surface area (Å²) in [6.07, 6.45) is 3.21. The normalized spacial score (nSPS) is 10.9. The van der Waals surface area contributed by atoms with Crippen molar-refractivity contribution < 1.29 is 4.79 Å². The molecule has 0 radical (unpaired) electrons. The monoisotopic (exact) mass is 333 g/mol. The maximum atomic E-state index is 13.1. The lowest BCUT2D eigenvalue weighted by molar-refractivity contribution is 0.0966. The van der Waals surface area contributed by atoms with Crippen LogP contribution in [-0.4, -0.2) is 20.4 Å². The van der Waals surface area contributed by atoms with E-state index in [4.69, 9.17) is 11.6 Å². The number of imidazole rings is 1. The summed E-state index contributed by atoms with van der Waals surface area (Å²) in [7, 11) is 0. The molecule has 2 heterocycles. The number of benzene rings is 2. The minimum absolute atomic E-state index is 0.152. The Labute approximate surface area is 143 Å². The molecular weight excluding hydrogens is 322 g/mol. The number of carbonyl (C=O) groups excluding carboxylic acids is 1. The Morgan fingerprint density at radius 1 is 0.958 bits per heavy atom. The molecule has 4 rings (SSSR count). The van der Waals surface area contributed by atoms with Gasteiger partial charge in [-0.15, -0.1) is 0 Å². The summed E-state index contributed by atoms with van der Waals surface area (Å²) in [6, 6.07) is 18.3. The summed E-state index contributed by atoms with van der Waals surface area (Å²) in [4.78, 5) is 21.7. The molecule has 0 amide bonds. The lowest BCUT2D eigenvalue weighted by atomic mass is 10.2. The Bertz CT molecular complexity index is 1040. The van der Waals surface area contributed by atoms with E-state index in [-0.39, 0.29) is 5.91 Å². The van der Waals surface area contributed by atoms with E-state index in [0.717, 1.165) is 16.6 Å². The van der Waals surface area contributed by atoms with E-state index in [2.05, 4.69) is 9.97 Å². The van der Waals surface area contributed by atoms with Gasteiger partial charge in [0, 0.05) is 28.5 Å². The molecule has 0 aliphatic heterocycles. The zero-order valence-electron chi connectivity index (χ0n) is 12.6. The number of aromatic nitrogens is 3. The van der Waals surface area contributed by atoms with Gasteiger partial charge in [0.2, 0.25) is 0 Å². The van der Waals surface area contributed by atoms with Gasteiger partial charge in [-0.1, -0.05) is 35.9 Å². The third-order valence-electron chi connectivity index (χ3n) is 3.77. The number of hydrogen-bond acceptors (Lipinski definition) is 3. The van der Waals surface area contributed by atoms with Crippen LogP contribution in [0.25, 0.3) is 22.4 Å². The van der Waals surface area contributed by atoms with E-state index >= 15 is 0 Å². The molecule has 5 heteroatoms. The number of rotatable bonds is 2. The van der Waals surface area contributed by atoms with Crippen LogP contribution < -0.4 is 0 Å². The molecule has 0 saturated carbocycles. The predicted octanol–water partition coefficient (Wildman–Crippen LogP) is 4.44. The topological polar surface area (TPSA) is 47.8 Å². The molecule has 0 atom stereocenters. The Kier molecular flexibility index (Phi) is 3.59. The third kappa shape index (κ3) is 2.47. The largest absolute Gasteiger partial charge is 0.268 e. The smallest absolute Gasteiger partial charge is 0.264 e. The lowest BCUT2D eigenvalue weighted by Crippen LogP contribution is -2.13. The van der Waals surface area contributed by atoms with Crippen molar-refractivity contribution in [2.45, 2.75) is 0 Å². The van der Waals surface area contributed by atoms with Gasteiger partial charge >= 0.3 is 0 Å². The van der Waals surface area contributed by atoms with Crippen LogP contribution >= 0.6 is 11.6 Å². The van der Waals surface area contributed by atoms with Gasteiger partial charge in [-0.05, 0) is 36.4 Å². The number of halogens is 1. The molecule has 0 N–H and O–H groups in total. The second-order valence-corrected chi connectivity index (χ2v) is 5.75. The summed E-state index contributed by atoms with van der Waals surface area (Å²) >= 11 is 6.11. The van der Waals surface area contributed by atoms with Gasteiger partial charge in [-0.25, -0.2) is 4.98 Å². The molecule has 116 valence electrons. The van der Waals surface area contributed by atoms with Crippen LogP contribution in [-0.2, 0) is 0 Å². The number of carbonyl (C=O) groups is 1. The van der Waals surface area contributed by atoms with Crippen LogP contribution in [0, 0.1) is 0 Å². The standard InChI is InChI=1S/C19H12ClN3O/c20-15-5-3-4-14(12-15)18-22-16-6-1-2-7-17(16)23(18)19(24)13-8-10-21-11-9-13/h1-12H. The molecule has 2 aromatic heterocycles.